The number of pyridine rings is 1. The number of aliphatic hydroxyl groups is 1. The minimum absolute atomic E-state index is 0.0569. The van der Waals surface area contributed by atoms with Crippen molar-refractivity contribution in [2.45, 2.75) is 25.3 Å². The summed E-state index contributed by atoms with van der Waals surface area (Å²) in [5.74, 6) is 0. The Kier molecular flexibility index (Phi) is 3.95. The molecular weight excluding hydrogens is 256 g/mol. The lowest BCUT2D eigenvalue weighted by Crippen LogP contribution is -2.02. The zero-order valence-corrected chi connectivity index (χ0v) is 9.18. The van der Waals surface area contributed by atoms with Crippen LogP contribution < -0.4 is 0 Å². The number of aromatic nitrogens is 1. The van der Waals surface area contributed by atoms with Gasteiger partial charge in [0.05, 0.1) is 18.0 Å². The van der Waals surface area contributed by atoms with Crippen molar-refractivity contribution < 1.29 is 13.9 Å². The predicted molar refractivity (Wildman–Crippen MR) is 52.5 cm³/mol. The van der Waals surface area contributed by atoms with Gasteiger partial charge < -0.3 is 5.11 Å². The molecule has 0 spiro atoms. The summed E-state index contributed by atoms with van der Waals surface area (Å²) in [7, 11) is 0. The second kappa shape index (κ2) is 4.79. The van der Waals surface area contributed by atoms with Crippen molar-refractivity contribution in [3.8, 4) is 0 Å². The van der Waals surface area contributed by atoms with Gasteiger partial charge in [0.15, 0.2) is 0 Å². The molecule has 0 fully saturated rings. The normalized spacial score (nSPS) is 11.0. The molecule has 5 heteroatoms. The highest BCUT2D eigenvalue weighted by Crippen LogP contribution is 2.25. The molecule has 0 unspecified atom stereocenters. The minimum atomic E-state index is -2.53. The van der Waals surface area contributed by atoms with E-state index in [4.69, 9.17) is 5.11 Å². The average molecular weight is 266 g/mol. The number of halogens is 3. The van der Waals surface area contributed by atoms with Crippen molar-refractivity contribution in [1.29, 1.82) is 0 Å². The van der Waals surface area contributed by atoms with Crippen molar-refractivity contribution in [1.82, 2.24) is 4.98 Å². The van der Waals surface area contributed by atoms with Crippen molar-refractivity contribution >= 4 is 15.9 Å². The Balaban J connectivity index is 3.27. The molecule has 0 aliphatic heterocycles. The minimum Gasteiger partial charge on any atom is -0.390 e. The van der Waals surface area contributed by atoms with Crippen molar-refractivity contribution in [3.63, 3.8) is 0 Å². The Hall–Kier alpha value is -0.550. The first-order valence-electron chi connectivity index (χ1n) is 4.04. The first-order chi connectivity index (χ1) is 6.60. The first-order valence-corrected chi connectivity index (χ1v) is 5.16. The summed E-state index contributed by atoms with van der Waals surface area (Å²) in [4.78, 5) is 4.02. The molecule has 0 aliphatic rings. The summed E-state index contributed by atoms with van der Waals surface area (Å²) in [6.07, 6.45) is -2.53. The molecule has 0 aliphatic carbocycles. The maximum absolute atomic E-state index is 12.5. The molecule has 78 valence electrons. The fraction of sp³-hybridized carbons (Fsp3) is 0.444. The molecule has 0 saturated heterocycles. The van der Waals surface area contributed by atoms with E-state index in [1.165, 1.54) is 6.07 Å². The van der Waals surface area contributed by atoms with Crippen LogP contribution in [0.1, 0.15) is 28.9 Å². The summed E-state index contributed by atoms with van der Waals surface area (Å²) in [5.41, 5.74) is 1.25. The second-order valence-electron chi connectivity index (χ2n) is 2.87. The van der Waals surface area contributed by atoms with E-state index in [1.54, 1.807) is 6.92 Å². The van der Waals surface area contributed by atoms with Crippen LogP contribution in [-0.4, -0.2) is 10.1 Å². The number of rotatable bonds is 3. The van der Waals surface area contributed by atoms with Crippen LogP contribution >= 0.6 is 15.9 Å². The summed E-state index contributed by atoms with van der Waals surface area (Å²) in [6, 6.07) is 1.24. The molecule has 1 aromatic heterocycles. The third kappa shape index (κ3) is 2.27. The smallest absolute Gasteiger partial charge is 0.264 e. The highest BCUT2D eigenvalue weighted by molar-refractivity contribution is 9.08. The molecule has 1 heterocycles. The molecule has 1 rings (SSSR count). The number of aliphatic hydroxyl groups excluding tert-OH is 1. The highest BCUT2D eigenvalue weighted by Gasteiger charge is 2.15. The Morgan fingerprint density at radius 2 is 2.21 bits per heavy atom. The summed E-state index contributed by atoms with van der Waals surface area (Å²) < 4.78 is 25.1. The SMILES string of the molecule is Cc1c(C(F)F)cc(CO)nc1CBr. The average Bonchev–Trinajstić information content (AvgIpc) is 2.17. The van der Waals surface area contributed by atoms with Crippen LogP contribution in [0.5, 0.6) is 0 Å². The lowest BCUT2D eigenvalue weighted by atomic mass is 10.1. The van der Waals surface area contributed by atoms with Crippen molar-refractivity contribution in [2.75, 3.05) is 0 Å². The Bertz CT molecular complexity index is 331. The Morgan fingerprint density at radius 1 is 1.57 bits per heavy atom. The quantitative estimate of drug-likeness (QED) is 0.853. The van der Waals surface area contributed by atoms with Crippen LogP contribution in [-0.2, 0) is 11.9 Å². The van der Waals surface area contributed by atoms with Gasteiger partial charge in [0, 0.05) is 10.9 Å². The second-order valence-corrected chi connectivity index (χ2v) is 3.43. The number of hydrogen-bond acceptors (Lipinski definition) is 2. The molecule has 1 N–H and O–H groups in total. The van der Waals surface area contributed by atoms with E-state index in [-0.39, 0.29) is 17.9 Å². The number of nitrogens with zero attached hydrogens (tertiary/aromatic N) is 1. The van der Waals surface area contributed by atoms with E-state index in [1.807, 2.05) is 0 Å². The van der Waals surface area contributed by atoms with Crippen LogP contribution in [0.2, 0.25) is 0 Å². The standard InChI is InChI=1S/C9H10BrF2NO/c1-5-7(9(11)12)2-6(4-14)13-8(5)3-10/h2,9,14H,3-4H2,1H3. The van der Waals surface area contributed by atoms with Crippen LogP contribution in [0.3, 0.4) is 0 Å². The van der Waals surface area contributed by atoms with Crippen LogP contribution in [0.15, 0.2) is 6.07 Å². The van der Waals surface area contributed by atoms with E-state index in [0.717, 1.165) is 0 Å². The molecule has 0 bridgehead atoms. The van der Waals surface area contributed by atoms with E-state index in [2.05, 4.69) is 20.9 Å². The fourth-order valence-corrected chi connectivity index (χ4v) is 1.73. The number of alkyl halides is 3. The molecule has 0 saturated carbocycles. The van der Waals surface area contributed by atoms with Gasteiger partial charge >= 0.3 is 0 Å². The third-order valence-electron chi connectivity index (χ3n) is 1.99. The topological polar surface area (TPSA) is 33.1 Å². The molecule has 0 atom stereocenters. The Morgan fingerprint density at radius 3 is 2.64 bits per heavy atom. The van der Waals surface area contributed by atoms with Crippen molar-refractivity contribution in [2.24, 2.45) is 0 Å². The maximum Gasteiger partial charge on any atom is 0.264 e. The van der Waals surface area contributed by atoms with E-state index >= 15 is 0 Å². The zero-order chi connectivity index (χ0) is 10.7. The largest absolute Gasteiger partial charge is 0.390 e. The summed E-state index contributed by atoms with van der Waals surface area (Å²) in [5, 5.41) is 9.24. The lowest BCUT2D eigenvalue weighted by Gasteiger charge is -2.10. The van der Waals surface area contributed by atoms with Gasteiger partial charge in [0.25, 0.3) is 6.43 Å². The van der Waals surface area contributed by atoms with E-state index in [9.17, 15) is 8.78 Å². The summed E-state index contributed by atoms with van der Waals surface area (Å²) >= 11 is 3.17. The van der Waals surface area contributed by atoms with Gasteiger partial charge in [-0.3, -0.25) is 4.98 Å². The van der Waals surface area contributed by atoms with Crippen LogP contribution in [0.25, 0.3) is 0 Å². The molecule has 1 aromatic rings. The third-order valence-corrected chi connectivity index (χ3v) is 2.52. The van der Waals surface area contributed by atoms with E-state index in [0.29, 0.717) is 16.6 Å². The van der Waals surface area contributed by atoms with Crippen LogP contribution in [0, 0.1) is 6.92 Å². The fourth-order valence-electron chi connectivity index (χ4n) is 1.18. The van der Waals surface area contributed by atoms with Gasteiger partial charge in [-0.15, -0.1) is 0 Å². The molecule has 2 nitrogen and oxygen atoms in total. The summed E-state index contributed by atoms with van der Waals surface area (Å²) in [6.45, 7) is 1.28. The van der Waals surface area contributed by atoms with Crippen molar-refractivity contribution in [3.05, 3.63) is 28.6 Å². The molecule has 0 amide bonds. The van der Waals surface area contributed by atoms with Gasteiger partial charge in [-0.05, 0) is 18.6 Å². The molecule has 0 radical (unpaired) electrons. The van der Waals surface area contributed by atoms with E-state index < -0.39 is 6.43 Å². The number of hydrogen-bond donors (Lipinski definition) is 1. The maximum atomic E-state index is 12.5. The van der Waals surface area contributed by atoms with Crippen LogP contribution in [0.4, 0.5) is 8.78 Å². The van der Waals surface area contributed by atoms with Gasteiger partial charge in [0.2, 0.25) is 0 Å². The van der Waals surface area contributed by atoms with Gasteiger partial charge in [-0.2, -0.15) is 0 Å². The lowest BCUT2D eigenvalue weighted by molar-refractivity contribution is 0.150. The Labute approximate surface area is 89.1 Å². The molecule has 0 aromatic carbocycles. The van der Waals surface area contributed by atoms with Gasteiger partial charge in [0.1, 0.15) is 0 Å². The first kappa shape index (κ1) is 11.5. The van der Waals surface area contributed by atoms with Gasteiger partial charge in [-0.1, -0.05) is 15.9 Å². The monoisotopic (exact) mass is 265 g/mol. The zero-order valence-electron chi connectivity index (χ0n) is 7.60. The predicted octanol–water partition coefficient (Wildman–Crippen LogP) is 2.71. The molecule has 14 heavy (non-hydrogen) atoms. The van der Waals surface area contributed by atoms with Gasteiger partial charge in [-0.25, -0.2) is 8.78 Å². The highest BCUT2D eigenvalue weighted by atomic mass is 79.9. The molecular formula is C9H10BrF2NO.